The molecule has 0 saturated carbocycles. The Morgan fingerprint density at radius 1 is 1.50 bits per heavy atom. The Bertz CT molecular complexity index is 75.7. The monoisotopic (exact) mass is 145 g/mol. The van der Waals surface area contributed by atoms with Crippen LogP contribution >= 0.6 is 0 Å². The van der Waals surface area contributed by atoms with Gasteiger partial charge in [0.05, 0.1) is 6.10 Å². The van der Waals surface area contributed by atoms with Crippen molar-refractivity contribution in [1.29, 1.82) is 0 Å². The summed E-state index contributed by atoms with van der Waals surface area (Å²) in [5.41, 5.74) is 0. The second-order valence-corrected chi connectivity index (χ2v) is 2.34. The molecule has 0 spiro atoms. The molecule has 0 aromatic carbocycles. The second-order valence-electron chi connectivity index (χ2n) is 2.34. The maximum atomic E-state index is 8.99. The molecule has 0 bridgehead atoms. The summed E-state index contributed by atoms with van der Waals surface area (Å²) in [6.45, 7) is 9.17. The van der Waals surface area contributed by atoms with Crippen LogP contribution in [0.1, 0.15) is 27.2 Å². The van der Waals surface area contributed by atoms with Gasteiger partial charge in [-0.2, -0.15) is 0 Å². The fraction of sp³-hybridized carbons (Fsp3) is 1.00. The maximum Gasteiger partial charge on any atom is 0.0679 e. The number of likely N-dealkylation sites (tertiary alicyclic amines) is 1. The van der Waals surface area contributed by atoms with Gasteiger partial charge in [0.25, 0.3) is 0 Å². The molecule has 2 heteroatoms. The van der Waals surface area contributed by atoms with Crippen molar-refractivity contribution < 1.29 is 5.11 Å². The molecule has 1 aliphatic rings. The van der Waals surface area contributed by atoms with E-state index >= 15 is 0 Å². The summed E-state index contributed by atoms with van der Waals surface area (Å²) in [6.07, 6.45) is 0.920. The van der Waals surface area contributed by atoms with E-state index < -0.39 is 0 Å². The summed E-state index contributed by atoms with van der Waals surface area (Å²) in [7, 11) is 0. The van der Waals surface area contributed by atoms with Gasteiger partial charge in [-0.05, 0) is 13.0 Å². The fourth-order valence-corrected chi connectivity index (χ4v) is 1.10. The number of hydrogen-bond donors (Lipinski definition) is 1. The largest absolute Gasteiger partial charge is 0.392 e. The van der Waals surface area contributed by atoms with Crippen molar-refractivity contribution in [3.63, 3.8) is 0 Å². The first-order valence-electron chi connectivity index (χ1n) is 4.23. The van der Waals surface area contributed by atoms with E-state index in [0.29, 0.717) is 0 Å². The second kappa shape index (κ2) is 5.69. The van der Waals surface area contributed by atoms with Gasteiger partial charge in [0, 0.05) is 13.1 Å². The van der Waals surface area contributed by atoms with Crippen LogP contribution in [0.5, 0.6) is 0 Å². The summed E-state index contributed by atoms with van der Waals surface area (Å²) < 4.78 is 0. The summed E-state index contributed by atoms with van der Waals surface area (Å²) >= 11 is 0. The van der Waals surface area contributed by atoms with Gasteiger partial charge in [-0.25, -0.2) is 0 Å². The van der Waals surface area contributed by atoms with E-state index in [1.54, 1.807) is 0 Å². The Hall–Kier alpha value is -0.0800. The van der Waals surface area contributed by atoms with E-state index in [9.17, 15) is 0 Å². The van der Waals surface area contributed by atoms with Crippen LogP contribution in [-0.2, 0) is 0 Å². The van der Waals surface area contributed by atoms with E-state index in [-0.39, 0.29) is 6.10 Å². The first-order chi connectivity index (χ1) is 4.83. The molecule has 1 heterocycles. The molecular weight excluding hydrogens is 126 g/mol. The molecule has 1 fully saturated rings. The number of β-amino-alcohol motifs (C(OH)–C–C–N with tert-alkyl or cyclic N) is 1. The van der Waals surface area contributed by atoms with Crippen molar-refractivity contribution in [2.45, 2.75) is 33.3 Å². The molecule has 1 atom stereocenters. The molecule has 0 aliphatic carbocycles. The van der Waals surface area contributed by atoms with Crippen molar-refractivity contribution in [3.8, 4) is 0 Å². The van der Waals surface area contributed by atoms with Crippen LogP contribution in [-0.4, -0.2) is 35.7 Å². The van der Waals surface area contributed by atoms with Crippen LogP contribution in [0.3, 0.4) is 0 Å². The maximum absolute atomic E-state index is 8.99. The third kappa shape index (κ3) is 3.18. The van der Waals surface area contributed by atoms with Crippen molar-refractivity contribution in [2.24, 2.45) is 0 Å². The molecule has 0 aromatic heterocycles. The highest BCUT2D eigenvalue weighted by atomic mass is 16.3. The molecule has 0 aromatic rings. The van der Waals surface area contributed by atoms with Crippen LogP contribution in [0, 0.1) is 0 Å². The van der Waals surface area contributed by atoms with Gasteiger partial charge in [0.2, 0.25) is 0 Å². The average molecular weight is 145 g/mol. The standard InChI is InChI=1S/C6H13NO.C2H6/c1-2-7-4-3-6(8)5-7;1-2/h6,8H,2-5H2,1H3;1-2H3/t6-;/m0./s1. The van der Waals surface area contributed by atoms with Crippen LogP contribution < -0.4 is 0 Å². The van der Waals surface area contributed by atoms with Crippen LogP contribution in [0.15, 0.2) is 0 Å². The summed E-state index contributed by atoms with van der Waals surface area (Å²) in [6, 6.07) is 0. The predicted molar refractivity (Wildman–Crippen MR) is 44.1 cm³/mol. The number of aliphatic hydroxyl groups is 1. The minimum absolute atomic E-state index is 0.0463. The highest BCUT2D eigenvalue weighted by Crippen LogP contribution is 2.06. The molecule has 0 unspecified atom stereocenters. The number of aliphatic hydroxyl groups excluding tert-OH is 1. The van der Waals surface area contributed by atoms with Gasteiger partial charge in [-0.15, -0.1) is 0 Å². The third-order valence-electron chi connectivity index (χ3n) is 1.69. The zero-order chi connectivity index (χ0) is 7.98. The van der Waals surface area contributed by atoms with Crippen molar-refractivity contribution in [3.05, 3.63) is 0 Å². The molecule has 1 rings (SSSR count). The molecule has 0 radical (unpaired) electrons. The van der Waals surface area contributed by atoms with Gasteiger partial charge >= 0.3 is 0 Å². The lowest BCUT2D eigenvalue weighted by molar-refractivity contribution is 0.178. The van der Waals surface area contributed by atoms with E-state index in [1.807, 2.05) is 13.8 Å². The van der Waals surface area contributed by atoms with Crippen LogP contribution in [0.2, 0.25) is 0 Å². The van der Waals surface area contributed by atoms with Crippen molar-refractivity contribution >= 4 is 0 Å². The Morgan fingerprint density at radius 2 is 2.10 bits per heavy atom. The van der Waals surface area contributed by atoms with Gasteiger partial charge in [-0.3, -0.25) is 0 Å². The third-order valence-corrected chi connectivity index (χ3v) is 1.69. The summed E-state index contributed by atoms with van der Waals surface area (Å²) in [4.78, 5) is 2.25. The Kier molecular flexibility index (Phi) is 5.64. The topological polar surface area (TPSA) is 23.5 Å². The lowest BCUT2D eigenvalue weighted by atomic mass is 10.3. The normalized spacial score (nSPS) is 25.8. The minimum atomic E-state index is -0.0463. The Labute approximate surface area is 63.8 Å². The zero-order valence-corrected chi connectivity index (χ0v) is 7.30. The number of nitrogens with zero attached hydrogens (tertiary/aromatic N) is 1. The van der Waals surface area contributed by atoms with Gasteiger partial charge in [0.15, 0.2) is 0 Å². The highest BCUT2D eigenvalue weighted by Gasteiger charge is 2.17. The van der Waals surface area contributed by atoms with Gasteiger partial charge in [-0.1, -0.05) is 20.8 Å². The zero-order valence-electron chi connectivity index (χ0n) is 7.30. The lowest BCUT2D eigenvalue weighted by Gasteiger charge is -2.09. The molecule has 62 valence electrons. The first kappa shape index (κ1) is 9.92. The Morgan fingerprint density at radius 3 is 2.30 bits per heavy atom. The summed E-state index contributed by atoms with van der Waals surface area (Å²) in [5.74, 6) is 0. The summed E-state index contributed by atoms with van der Waals surface area (Å²) in [5, 5.41) is 8.99. The predicted octanol–water partition coefficient (Wildman–Crippen LogP) is 1.10. The van der Waals surface area contributed by atoms with E-state index in [4.69, 9.17) is 5.11 Å². The van der Waals surface area contributed by atoms with E-state index in [2.05, 4.69) is 11.8 Å². The van der Waals surface area contributed by atoms with Crippen LogP contribution in [0.4, 0.5) is 0 Å². The molecule has 0 amide bonds. The fourth-order valence-electron chi connectivity index (χ4n) is 1.10. The van der Waals surface area contributed by atoms with Crippen LogP contribution in [0.25, 0.3) is 0 Å². The van der Waals surface area contributed by atoms with Crippen molar-refractivity contribution in [1.82, 2.24) is 4.90 Å². The number of likely N-dealkylation sites (N-methyl/N-ethyl adjacent to an activating group) is 1. The minimum Gasteiger partial charge on any atom is -0.392 e. The number of hydrogen-bond acceptors (Lipinski definition) is 2. The van der Waals surface area contributed by atoms with E-state index in [0.717, 1.165) is 26.1 Å². The molecule has 1 saturated heterocycles. The Balaban J connectivity index is 0.000000371. The quantitative estimate of drug-likeness (QED) is 0.597. The van der Waals surface area contributed by atoms with Gasteiger partial charge in [0.1, 0.15) is 0 Å². The molecule has 1 aliphatic heterocycles. The lowest BCUT2D eigenvalue weighted by Crippen LogP contribution is -2.21. The van der Waals surface area contributed by atoms with E-state index in [1.165, 1.54) is 0 Å². The molecule has 2 nitrogen and oxygen atoms in total. The average Bonchev–Trinajstić information content (AvgIpc) is 2.40. The highest BCUT2D eigenvalue weighted by molar-refractivity contribution is 4.72. The van der Waals surface area contributed by atoms with Crippen molar-refractivity contribution in [2.75, 3.05) is 19.6 Å². The first-order valence-corrected chi connectivity index (χ1v) is 4.23. The van der Waals surface area contributed by atoms with Gasteiger partial charge < -0.3 is 10.0 Å². The molecular formula is C8H19NO. The SMILES string of the molecule is CC.CCN1CC[C@H](O)C1. The smallest absolute Gasteiger partial charge is 0.0679 e. The number of rotatable bonds is 1. The molecule has 10 heavy (non-hydrogen) atoms. The molecule has 1 N–H and O–H groups in total.